The average molecular weight is 520 g/mol. The molecular weight excluding hydrogens is 483 g/mol. The summed E-state index contributed by atoms with van der Waals surface area (Å²) < 4.78 is 5.34. The van der Waals surface area contributed by atoms with E-state index in [4.69, 9.17) is 27.9 Å². The van der Waals surface area contributed by atoms with Crippen molar-refractivity contribution in [3.05, 3.63) is 63.6 Å². The van der Waals surface area contributed by atoms with E-state index in [1.54, 1.807) is 36.5 Å². The summed E-state index contributed by atoms with van der Waals surface area (Å²) in [6.45, 7) is 2.25. The molecule has 5 nitrogen and oxygen atoms in total. The van der Waals surface area contributed by atoms with Gasteiger partial charge in [0, 0.05) is 11.4 Å². The molecule has 0 fully saturated rings. The molecule has 0 spiro atoms. The Morgan fingerprint density at radius 3 is 2.06 bits per heavy atom. The number of carbonyl (C=O) groups excluding carboxylic acids is 2. The Morgan fingerprint density at radius 2 is 1.46 bits per heavy atom. The van der Waals surface area contributed by atoms with Gasteiger partial charge in [0.2, 0.25) is 5.91 Å². The number of nitrogens with one attached hydrogen (secondary N) is 1. The summed E-state index contributed by atoms with van der Waals surface area (Å²) in [6.07, 6.45) is 15.8. The molecule has 0 atom stereocenters. The quantitative estimate of drug-likeness (QED) is 0.0797. The Kier molecular flexibility index (Phi) is 14.1. The molecule has 0 unspecified atom stereocenters. The number of hydrogen-bond donors (Lipinski definition) is 1. The van der Waals surface area contributed by atoms with Crippen molar-refractivity contribution in [2.24, 2.45) is 5.10 Å². The minimum Gasteiger partial charge on any atom is -0.423 e. The molecule has 190 valence electrons. The molecule has 0 radical (unpaired) electrons. The fraction of sp³-hybridized carbons (Fsp3) is 0.464. The molecule has 2 aromatic rings. The predicted octanol–water partition coefficient (Wildman–Crippen LogP) is 8.36. The van der Waals surface area contributed by atoms with Crippen molar-refractivity contribution in [2.45, 2.75) is 84.0 Å². The second-order valence-corrected chi connectivity index (χ2v) is 9.51. The number of rotatable bonds is 16. The van der Waals surface area contributed by atoms with Crippen molar-refractivity contribution in [1.82, 2.24) is 5.43 Å². The third-order valence-corrected chi connectivity index (χ3v) is 6.20. The van der Waals surface area contributed by atoms with Gasteiger partial charge in [-0.2, -0.15) is 5.10 Å². The fourth-order valence-electron chi connectivity index (χ4n) is 3.62. The van der Waals surface area contributed by atoms with E-state index >= 15 is 0 Å². The van der Waals surface area contributed by atoms with Crippen molar-refractivity contribution in [1.29, 1.82) is 0 Å². The fourth-order valence-corrected chi connectivity index (χ4v) is 4.11. The van der Waals surface area contributed by atoms with Crippen molar-refractivity contribution in [3.8, 4) is 5.75 Å². The van der Waals surface area contributed by atoms with Crippen LogP contribution in [0, 0.1) is 0 Å². The molecule has 2 rings (SSSR count). The Hall–Kier alpha value is -2.37. The molecule has 0 bridgehead atoms. The number of hydrogen-bond acceptors (Lipinski definition) is 4. The van der Waals surface area contributed by atoms with E-state index < -0.39 is 5.97 Å². The Bertz CT molecular complexity index is 946. The van der Waals surface area contributed by atoms with Gasteiger partial charge in [0.15, 0.2) is 0 Å². The molecule has 1 amide bonds. The van der Waals surface area contributed by atoms with E-state index in [-0.39, 0.29) is 16.5 Å². The van der Waals surface area contributed by atoms with E-state index in [0.29, 0.717) is 17.2 Å². The van der Waals surface area contributed by atoms with Crippen LogP contribution in [-0.2, 0) is 4.79 Å². The van der Waals surface area contributed by atoms with Gasteiger partial charge in [-0.15, -0.1) is 0 Å². The van der Waals surface area contributed by atoms with E-state index in [2.05, 4.69) is 17.5 Å². The van der Waals surface area contributed by atoms with Crippen LogP contribution in [0.15, 0.2) is 47.6 Å². The number of esters is 1. The Labute approximate surface area is 219 Å². The van der Waals surface area contributed by atoms with Crippen LogP contribution in [0.1, 0.15) is 99.9 Å². The molecule has 0 saturated heterocycles. The first-order valence-corrected chi connectivity index (χ1v) is 13.3. The number of unbranched alkanes of at least 4 members (excludes halogenated alkanes) is 10. The molecule has 35 heavy (non-hydrogen) atoms. The largest absolute Gasteiger partial charge is 0.423 e. The van der Waals surface area contributed by atoms with Crippen LogP contribution in [0.25, 0.3) is 0 Å². The molecule has 0 aromatic heterocycles. The van der Waals surface area contributed by atoms with Gasteiger partial charge in [0.1, 0.15) is 5.75 Å². The van der Waals surface area contributed by atoms with Gasteiger partial charge in [0.05, 0.1) is 16.8 Å². The minimum absolute atomic E-state index is 0.0810. The third kappa shape index (κ3) is 12.2. The highest BCUT2D eigenvalue weighted by atomic mass is 35.5. The lowest BCUT2D eigenvalue weighted by molar-refractivity contribution is -0.121. The Balaban J connectivity index is 1.59. The lowest BCUT2D eigenvalue weighted by atomic mass is 10.1. The number of hydrazone groups is 1. The topological polar surface area (TPSA) is 67.8 Å². The summed E-state index contributed by atoms with van der Waals surface area (Å²) >= 11 is 11.9. The van der Waals surface area contributed by atoms with Crippen LogP contribution in [0.3, 0.4) is 0 Å². The monoisotopic (exact) mass is 518 g/mol. The van der Waals surface area contributed by atoms with Gasteiger partial charge in [-0.1, -0.05) is 94.3 Å². The van der Waals surface area contributed by atoms with Crippen LogP contribution < -0.4 is 10.2 Å². The van der Waals surface area contributed by atoms with Gasteiger partial charge in [0.25, 0.3) is 0 Å². The van der Waals surface area contributed by atoms with Crippen LogP contribution in [0.5, 0.6) is 5.75 Å². The van der Waals surface area contributed by atoms with E-state index in [1.165, 1.54) is 69.9 Å². The summed E-state index contributed by atoms with van der Waals surface area (Å²) in [5, 5.41) is 4.68. The number of carbonyl (C=O) groups is 2. The standard InChI is InChI=1S/C28H36Cl2N2O3/c1-2-3-4-5-6-7-8-9-10-11-12-13-27(33)32-31-21-22-14-17-24(18-15-22)35-28(34)25-19-16-23(29)20-26(25)30/h14-21H,2-13H2,1H3,(H,32,33)/b31-21-. The average Bonchev–Trinajstić information content (AvgIpc) is 2.83. The number of benzene rings is 2. The van der Waals surface area contributed by atoms with E-state index in [9.17, 15) is 9.59 Å². The molecule has 0 aliphatic carbocycles. The van der Waals surface area contributed by atoms with Crippen molar-refractivity contribution in [3.63, 3.8) is 0 Å². The van der Waals surface area contributed by atoms with Gasteiger partial charge >= 0.3 is 5.97 Å². The molecule has 0 aliphatic rings. The highest BCUT2D eigenvalue weighted by Crippen LogP contribution is 2.23. The number of ether oxygens (including phenoxy) is 1. The first kappa shape index (κ1) is 28.9. The zero-order valence-electron chi connectivity index (χ0n) is 20.5. The highest BCUT2D eigenvalue weighted by molar-refractivity contribution is 6.36. The minimum atomic E-state index is -0.567. The Morgan fingerprint density at radius 1 is 0.857 bits per heavy atom. The smallest absolute Gasteiger partial charge is 0.345 e. The van der Waals surface area contributed by atoms with Crippen LogP contribution >= 0.6 is 23.2 Å². The van der Waals surface area contributed by atoms with E-state index in [1.807, 2.05) is 0 Å². The predicted molar refractivity (Wildman–Crippen MR) is 145 cm³/mol. The first-order valence-electron chi connectivity index (χ1n) is 12.6. The molecule has 2 aromatic carbocycles. The molecule has 0 aliphatic heterocycles. The number of nitrogens with zero attached hydrogens (tertiary/aromatic N) is 1. The van der Waals surface area contributed by atoms with Crippen LogP contribution in [0.2, 0.25) is 10.0 Å². The van der Waals surface area contributed by atoms with Crippen LogP contribution in [0.4, 0.5) is 0 Å². The van der Waals surface area contributed by atoms with Crippen molar-refractivity contribution in [2.75, 3.05) is 0 Å². The summed E-state index contributed by atoms with van der Waals surface area (Å²) in [4.78, 5) is 24.2. The SMILES string of the molecule is CCCCCCCCCCCCCC(=O)N/N=C\c1ccc(OC(=O)c2ccc(Cl)cc2Cl)cc1. The van der Waals surface area contributed by atoms with E-state index in [0.717, 1.165) is 18.4 Å². The maximum Gasteiger partial charge on any atom is 0.345 e. The lowest BCUT2D eigenvalue weighted by Gasteiger charge is -2.06. The second-order valence-electron chi connectivity index (χ2n) is 8.66. The van der Waals surface area contributed by atoms with Gasteiger partial charge in [-0.25, -0.2) is 10.2 Å². The van der Waals surface area contributed by atoms with Crippen LogP contribution in [-0.4, -0.2) is 18.1 Å². The number of amides is 1. The van der Waals surface area contributed by atoms with Gasteiger partial charge < -0.3 is 4.74 Å². The molecule has 1 N–H and O–H groups in total. The summed E-state index contributed by atoms with van der Waals surface area (Å²) in [5.74, 6) is -0.274. The van der Waals surface area contributed by atoms with Crippen molar-refractivity contribution >= 4 is 41.3 Å². The molecule has 7 heteroatoms. The summed E-state index contributed by atoms with van der Waals surface area (Å²) in [6, 6.07) is 11.4. The molecule has 0 saturated carbocycles. The second kappa shape index (κ2) is 17.1. The van der Waals surface area contributed by atoms with Crippen molar-refractivity contribution < 1.29 is 14.3 Å². The zero-order chi connectivity index (χ0) is 25.3. The third-order valence-electron chi connectivity index (χ3n) is 5.65. The summed E-state index contributed by atoms with van der Waals surface area (Å²) in [5.41, 5.74) is 3.57. The maximum absolute atomic E-state index is 12.3. The normalized spacial score (nSPS) is 11.1. The summed E-state index contributed by atoms with van der Waals surface area (Å²) in [7, 11) is 0. The lowest BCUT2D eigenvalue weighted by Crippen LogP contribution is -2.16. The highest BCUT2D eigenvalue weighted by Gasteiger charge is 2.13. The molecular formula is C28H36Cl2N2O3. The first-order chi connectivity index (χ1) is 17.0. The zero-order valence-corrected chi connectivity index (χ0v) is 22.0. The van der Waals surface area contributed by atoms with Gasteiger partial charge in [-0.05, 0) is 54.4 Å². The van der Waals surface area contributed by atoms with Gasteiger partial charge in [-0.3, -0.25) is 4.79 Å². The maximum atomic E-state index is 12.3. The number of halogens is 2. The molecule has 0 heterocycles.